The molecule has 5 nitrogen and oxygen atoms in total. The van der Waals surface area contributed by atoms with Crippen molar-refractivity contribution in [1.29, 1.82) is 0 Å². The lowest BCUT2D eigenvalue weighted by Gasteiger charge is -2.18. The van der Waals surface area contributed by atoms with Crippen LogP contribution in [-0.2, 0) is 4.79 Å². The quantitative estimate of drug-likeness (QED) is 0.774. The number of carboxylic acids is 1. The number of nitrogens with one attached hydrogen (secondary N) is 1. The normalized spacial score (nSPS) is 13.7. The van der Waals surface area contributed by atoms with Crippen LogP contribution in [0.15, 0.2) is 22.7 Å². The molecule has 6 heteroatoms. The van der Waals surface area contributed by atoms with E-state index in [9.17, 15) is 9.59 Å². The molecule has 0 saturated heterocycles. The van der Waals surface area contributed by atoms with E-state index in [1.807, 2.05) is 13.8 Å². The van der Waals surface area contributed by atoms with E-state index in [1.165, 1.54) is 12.1 Å². The summed E-state index contributed by atoms with van der Waals surface area (Å²) < 4.78 is 0.583. The Labute approximate surface area is 120 Å². The van der Waals surface area contributed by atoms with Gasteiger partial charge in [-0.15, -0.1) is 0 Å². The fourth-order valence-corrected chi connectivity index (χ4v) is 2.02. The second-order valence-electron chi connectivity index (χ2n) is 4.43. The number of nitrogens with two attached hydrogens (primary N) is 1. The molecule has 0 heterocycles. The van der Waals surface area contributed by atoms with Gasteiger partial charge in [-0.2, -0.15) is 0 Å². The van der Waals surface area contributed by atoms with E-state index in [0.29, 0.717) is 10.2 Å². The van der Waals surface area contributed by atoms with Gasteiger partial charge >= 0.3 is 5.97 Å². The molecule has 0 aliphatic carbocycles. The Morgan fingerprint density at radius 3 is 2.58 bits per heavy atom. The lowest BCUT2D eigenvalue weighted by atomic mass is 9.99. The summed E-state index contributed by atoms with van der Waals surface area (Å²) in [6, 6.07) is 3.88. The smallest absolute Gasteiger partial charge is 0.335 e. The van der Waals surface area contributed by atoms with Crippen LogP contribution in [0.25, 0.3) is 0 Å². The highest BCUT2D eigenvalue weighted by molar-refractivity contribution is 9.10. The molecule has 2 atom stereocenters. The number of aromatic carboxylic acids is 1. The first-order chi connectivity index (χ1) is 8.85. The van der Waals surface area contributed by atoms with Crippen molar-refractivity contribution in [3.05, 3.63) is 28.2 Å². The van der Waals surface area contributed by atoms with Crippen LogP contribution in [-0.4, -0.2) is 23.0 Å². The van der Waals surface area contributed by atoms with Crippen LogP contribution in [0.4, 0.5) is 5.69 Å². The van der Waals surface area contributed by atoms with Crippen LogP contribution in [0.2, 0.25) is 0 Å². The van der Waals surface area contributed by atoms with Gasteiger partial charge in [0.15, 0.2) is 0 Å². The topological polar surface area (TPSA) is 92.4 Å². The molecule has 1 aromatic carbocycles. The first-order valence-electron chi connectivity index (χ1n) is 5.95. The average molecular weight is 329 g/mol. The summed E-state index contributed by atoms with van der Waals surface area (Å²) >= 11 is 3.20. The Kier molecular flexibility index (Phi) is 5.50. The average Bonchev–Trinajstić information content (AvgIpc) is 2.35. The van der Waals surface area contributed by atoms with E-state index < -0.39 is 12.0 Å². The molecule has 1 aromatic rings. The highest BCUT2D eigenvalue weighted by Gasteiger charge is 2.19. The first-order valence-corrected chi connectivity index (χ1v) is 6.74. The molecule has 0 bridgehead atoms. The van der Waals surface area contributed by atoms with Gasteiger partial charge in [0.25, 0.3) is 0 Å². The van der Waals surface area contributed by atoms with Crippen molar-refractivity contribution in [2.24, 2.45) is 11.7 Å². The molecule has 1 unspecified atom stereocenters. The number of amides is 1. The minimum Gasteiger partial charge on any atom is -0.478 e. The molecule has 19 heavy (non-hydrogen) atoms. The van der Waals surface area contributed by atoms with Gasteiger partial charge in [0.1, 0.15) is 0 Å². The number of carbonyl (C=O) groups excluding carboxylic acids is 1. The van der Waals surface area contributed by atoms with E-state index in [2.05, 4.69) is 21.2 Å². The van der Waals surface area contributed by atoms with Crippen molar-refractivity contribution in [3.8, 4) is 0 Å². The molecule has 0 aliphatic rings. The van der Waals surface area contributed by atoms with Crippen LogP contribution in [0.5, 0.6) is 0 Å². The van der Waals surface area contributed by atoms with Gasteiger partial charge in [0, 0.05) is 10.2 Å². The Balaban J connectivity index is 2.88. The summed E-state index contributed by atoms with van der Waals surface area (Å²) in [5.74, 6) is -1.31. The third-order valence-electron chi connectivity index (χ3n) is 2.97. The molecular weight excluding hydrogens is 312 g/mol. The van der Waals surface area contributed by atoms with E-state index in [1.54, 1.807) is 6.07 Å². The summed E-state index contributed by atoms with van der Waals surface area (Å²) in [5, 5.41) is 11.6. The molecule has 4 N–H and O–H groups in total. The third-order valence-corrected chi connectivity index (χ3v) is 3.43. The number of rotatable bonds is 5. The van der Waals surface area contributed by atoms with Gasteiger partial charge in [0.05, 0.1) is 11.6 Å². The maximum atomic E-state index is 11.9. The number of carboxylic acid groups (broad SMARTS) is 1. The van der Waals surface area contributed by atoms with Crippen molar-refractivity contribution in [2.45, 2.75) is 26.3 Å². The molecule has 0 saturated carbocycles. The van der Waals surface area contributed by atoms with Crippen LogP contribution in [0, 0.1) is 5.92 Å². The number of hydrogen-bond acceptors (Lipinski definition) is 3. The number of halogens is 1. The number of carbonyl (C=O) groups is 2. The van der Waals surface area contributed by atoms with E-state index in [0.717, 1.165) is 6.42 Å². The summed E-state index contributed by atoms with van der Waals surface area (Å²) in [4.78, 5) is 22.8. The molecule has 0 spiro atoms. The summed E-state index contributed by atoms with van der Waals surface area (Å²) in [6.45, 7) is 3.85. The number of hydrogen-bond donors (Lipinski definition) is 3. The van der Waals surface area contributed by atoms with Crippen molar-refractivity contribution in [2.75, 3.05) is 5.32 Å². The van der Waals surface area contributed by atoms with Crippen LogP contribution in [0.3, 0.4) is 0 Å². The largest absolute Gasteiger partial charge is 0.478 e. The Morgan fingerprint density at radius 1 is 1.42 bits per heavy atom. The van der Waals surface area contributed by atoms with Crippen LogP contribution >= 0.6 is 15.9 Å². The van der Waals surface area contributed by atoms with Crippen molar-refractivity contribution >= 4 is 33.5 Å². The minimum absolute atomic E-state index is 0.0612. The van der Waals surface area contributed by atoms with Gasteiger partial charge in [0.2, 0.25) is 5.91 Å². The lowest BCUT2D eigenvalue weighted by molar-refractivity contribution is -0.118. The van der Waals surface area contributed by atoms with Crippen LogP contribution < -0.4 is 11.1 Å². The summed E-state index contributed by atoms with van der Waals surface area (Å²) in [7, 11) is 0. The summed E-state index contributed by atoms with van der Waals surface area (Å²) in [5.41, 5.74) is 6.33. The zero-order valence-corrected chi connectivity index (χ0v) is 12.4. The van der Waals surface area contributed by atoms with Gasteiger partial charge in [-0.25, -0.2) is 4.79 Å². The Bertz CT molecular complexity index is 491. The van der Waals surface area contributed by atoms with E-state index >= 15 is 0 Å². The molecular formula is C13H17BrN2O3. The second-order valence-corrected chi connectivity index (χ2v) is 5.35. The zero-order chi connectivity index (χ0) is 14.6. The fourth-order valence-electron chi connectivity index (χ4n) is 1.52. The molecule has 104 valence electrons. The van der Waals surface area contributed by atoms with Crippen LogP contribution in [0.1, 0.15) is 30.6 Å². The zero-order valence-electron chi connectivity index (χ0n) is 10.8. The fraction of sp³-hybridized carbons (Fsp3) is 0.385. The van der Waals surface area contributed by atoms with Crippen molar-refractivity contribution < 1.29 is 14.7 Å². The third kappa shape index (κ3) is 4.33. The Morgan fingerprint density at radius 2 is 2.05 bits per heavy atom. The maximum absolute atomic E-state index is 11.9. The molecule has 1 rings (SSSR count). The monoisotopic (exact) mass is 328 g/mol. The first kappa shape index (κ1) is 15.7. The molecule has 0 aliphatic heterocycles. The SMILES string of the molecule is CCC(C)[C@H](N)C(=O)Nc1cc(Br)cc(C(=O)O)c1. The van der Waals surface area contributed by atoms with E-state index in [4.69, 9.17) is 10.8 Å². The predicted octanol–water partition coefficient (Wildman–Crippen LogP) is 2.46. The minimum atomic E-state index is -1.05. The van der Waals surface area contributed by atoms with Gasteiger partial charge in [-0.3, -0.25) is 4.79 Å². The van der Waals surface area contributed by atoms with Gasteiger partial charge < -0.3 is 16.2 Å². The highest BCUT2D eigenvalue weighted by atomic mass is 79.9. The lowest BCUT2D eigenvalue weighted by Crippen LogP contribution is -2.40. The van der Waals surface area contributed by atoms with Crippen molar-refractivity contribution in [3.63, 3.8) is 0 Å². The van der Waals surface area contributed by atoms with E-state index in [-0.39, 0.29) is 17.4 Å². The standard InChI is InChI=1S/C13H17BrN2O3/c1-3-7(2)11(15)12(17)16-10-5-8(13(18)19)4-9(14)6-10/h4-7,11H,3,15H2,1-2H3,(H,16,17)(H,18,19)/t7?,11-/m0/s1. The van der Waals surface area contributed by atoms with Crippen molar-refractivity contribution in [1.82, 2.24) is 0 Å². The predicted molar refractivity (Wildman–Crippen MR) is 77.2 cm³/mol. The molecule has 0 fully saturated rings. The highest BCUT2D eigenvalue weighted by Crippen LogP contribution is 2.20. The van der Waals surface area contributed by atoms with Gasteiger partial charge in [-0.05, 0) is 24.1 Å². The number of anilines is 1. The Hall–Kier alpha value is -1.40. The summed E-state index contributed by atoms with van der Waals surface area (Å²) in [6.07, 6.45) is 0.799. The maximum Gasteiger partial charge on any atom is 0.335 e. The molecule has 0 radical (unpaired) electrons. The molecule has 0 aromatic heterocycles. The van der Waals surface area contributed by atoms with Gasteiger partial charge in [-0.1, -0.05) is 36.2 Å². The number of benzene rings is 1. The second kappa shape index (κ2) is 6.68. The molecule has 1 amide bonds.